The summed E-state index contributed by atoms with van der Waals surface area (Å²) in [7, 11) is 0. The average Bonchev–Trinajstić information content (AvgIpc) is 1.63. The van der Waals surface area contributed by atoms with Gasteiger partial charge < -0.3 is 71.1 Å². The zero-order valence-electron chi connectivity index (χ0n) is 75.5. The van der Waals surface area contributed by atoms with Crippen molar-refractivity contribution < 1.29 is 71.1 Å². The summed E-state index contributed by atoms with van der Waals surface area (Å²) in [5.41, 5.74) is 13.6. The first-order valence-electron chi connectivity index (χ1n) is 45.4. The van der Waals surface area contributed by atoms with Crippen molar-refractivity contribution in [2.24, 2.45) is 0 Å². The number of aromatic nitrogens is 6. The Balaban J connectivity index is 0.671. The normalized spacial score (nSPS) is 11.1. The Morgan fingerprint density at radius 2 is 0.292 bits per heavy atom. The fraction of sp³-hybridized carbons (Fsp3) is 0.147. The van der Waals surface area contributed by atoms with E-state index in [1.807, 2.05) is 407 Å². The maximum Gasteiger partial charge on any atom is 0.273 e. The Kier molecular flexibility index (Phi) is 30.7. The van der Waals surface area contributed by atoms with Crippen molar-refractivity contribution in [3.8, 4) is 80.5 Å². The lowest BCUT2D eigenvalue weighted by Crippen LogP contribution is -2.52. The van der Waals surface area contributed by atoms with Gasteiger partial charge in [0.1, 0.15) is 180 Å². The van der Waals surface area contributed by atoms with Crippen molar-refractivity contribution in [1.82, 2.24) is 29.3 Å². The van der Waals surface area contributed by atoms with Crippen molar-refractivity contribution in [2.75, 3.05) is 6.61 Å². The third-order valence-electron chi connectivity index (χ3n) is 22.2. The molecule has 21 heteroatoms. The lowest BCUT2D eigenvalue weighted by Gasteiger charge is -2.34. The Hall–Kier alpha value is -16.9. The number of benzene rings is 15. The highest BCUT2D eigenvalue weighted by Crippen LogP contribution is 2.37. The van der Waals surface area contributed by atoms with E-state index >= 15 is 0 Å². The minimum Gasteiger partial charge on any atom is -0.489 e. The molecule has 0 saturated carbocycles. The van der Waals surface area contributed by atoms with Crippen molar-refractivity contribution in [2.45, 2.75) is 105 Å². The predicted octanol–water partition coefficient (Wildman–Crippen LogP) is 24.3. The van der Waals surface area contributed by atoms with Gasteiger partial charge in [0.15, 0.2) is 0 Å². The lowest BCUT2D eigenvalue weighted by atomic mass is 10.1. The van der Waals surface area contributed by atoms with Crippen LogP contribution in [0.3, 0.4) is 0 Å². The van der Waals surface area contributed by atoms with Crippen LogP contribution in [-0.2, 0) is 110 Å². The molecule has 18 aromatic rings. The summed E-state index contributed by atoms with van der Waals surface area (Å²) in [5.74, 6) is 6.69. The third kappa shape index (κ3) is 26.7. The van der Waals surface area contributed by atoms with E-state index in [0.717, 1.165) is 77.9 Å². The van der Waals surface area contributed by atoms with Crippen LogP contribution in [0.25, 0.3) is 0 Å². The van der Waals surface area contributed by atoms with Crippen LogP contribution in [-0.4, -0.2) is 35.9 Å². The monoisotopic (exact) mass is 1820 g/mol. The Morgan fingerprint density at radius 1 is 0.153 bits per heavy atom. The van der Waals surface area contributed by atoms with E-state index in [4.69, 9.17) is 86.3 Å². The molecular weight excluding hydrogens is 1720 g/mol. The molecule has 3 aromatic heterocycles. The lowest BCUT2D eigenvalue weighted by molar-refractivity contribution is -0.0175. The van der Waals surface area contributed by atoms with Crippen LogP contribution in [0.2, 0.25) is 0 Å². The third-order valence-corrected chi connectivity index (χ3v) is 22.2. The summed E-state index contributed by atoms with van der Waals surface area (Å²) in [6.45, 7) is 3.42. The fourth-order valence-electron chi connectivity index (χ4n) is 15.4. The van der Waals surface area contributed by atoms with Gasteiger partial charge in [-0.1, -0.05) is 243 Å². The van der Waals surface area contributed by atoms with Gasteiger partial charge in [-0.25, -0.2) is 14.0 Å². The maximum atomic E-state index is 7.04. The first kappa shape index (κ1) is 90.6. The maximum absolute atomic E-state index is 7.04. The molecule has 15 aromatic carbocycles. The Bertz CT molecular complexity index is 5770. The van der Waals surface area contributed by atoms with Crippen LogP contribution >= 0.6 is 0 Å². The van der Waals surface area contributed by atoms with Gasteiger partial charge in [-0.2, -0.15) is 15.3 Å². The molecule has 0 fully saturated rings. The standard InChI is InChI=1S/C116H102N6O15/c1-9-28-87(29-10-1)72-124-104-52-96(53-105(65-104)125-73-88-30-11-2-12-31-88)82-134-112-60-100(61-113(69-112)135-83-97-54-106(126-74-89-32-13-3-14-33-89)66-107(55-97)127-75-90-34-15-4-16-35-90)80-132-102-50-95(71-123-86-116(120-47-25-44-117-120,121-48-26-45-118-121)122-49-27-46-119-122)51-103(64-102)133-81-101-62-114(136-84-98-56-108(128-76-91-36-17-5-18-37-91)67-109(57-98)129-77-92-38-19-6-20-39-92)70-115(63-101)137-85-99-58-110(130-78-93-40-21-7-22-41-93)68-111(59-99)131-79-94-42-23-8-24-43-94/h1-70H,71-86H2. The molecule has 0 aliphatic carbocycles. The summed E-state index contributed by atoms with van der Waals surface area (Å²) < 4.78 is 106. The summed E-state index contributed by atoms with van der Waals surface area (Å²) in [4.78, 5) is 0. The highest BCUT2D eigenvalue weighted by atomic mass is 16.5. The van der Waals surface area contributed by atoms with Gasteiger partial charge in [0.25, 0.3) is 5.79 Å². The number of rotatable bonds is 49. The molecule has 686 valence electrons. The molecule has 0 bridgehead atoms. The van der Waals surface area contributed by atoms with Crippen LogP contribution in [0.1, 0.15) is 83.5 Å². The van der Waals surface area contributed by atoms with Crippen LogP contribution in [0, 0.1) is 0 Å². The highest BCUT2D eigenvalue weighted by molar-refractivity contribution is 5.47. The van der Waals surface area contributed by atoms with E-state index in [2.05, 4.69) is 0 Å². The zero-order chi connectivity index (χ0) is 92.5. The zero-order valence-corrected chi connectivity index (χ0v) is 75.5. The quantitative estimate of drug-likeness (QED) is 0.0349. The van der Waals surface area contributed by atoms with Gasteiger partial charge in [0.05, 0.1) is 6.61 Å². The number of ether oxygens (including phenoxy) is 15. The minimum atomic E-state index is -1.22. The second-order valence-electron chi connectivity index (χ2n) is 32.7. The van der Waals surface area contributed by atoms with Crippen molar-refractivity contribution in [3.05, 3.63) is 509 Å². The molecule has 0 unspecified atom stereocenters. The molecule has 18 rings (SSSR count). The summed E-state index contributed by atoms with van der Waals surface area (Å²) >= 11 is 0. The van der Waals surface area contributed by atoms with E-state index in [1.54, 1.807) is 32.6 Å². The molecule has 0 N–H and O–H groups in total. The van der Waals surface area contributed by atoms with Gasteiger partial charge in [-0.3, -0.25) is 0 Å². The number of hydrogen-bond acceptors (Lipinski definition) is 18. The molecule has 0 spiro atoms. The average molecular weight is 1820 g/mol. The molecule has 0 aliphatic heterocycles. The van der Waals surface area contributed by atoms with Crippen LogP contribution in [0.5, 0.6) is 80.5 Å². The number of hydrogen-bond donors (Lipinski definition) is 0. The van der Waals surface area contributed by atoms with E-state index < -0.39 is 5.79 Å². The molecule has 0 saturated heterocycles. The summed E-state index contributed by atoms with van der Waals surface area (Å²) in [6.07, 6.45) is 10.7. The van der Waals surface area contributed by atoms with Crippen LogP contribution in [0.4, 0.5) is 0 Å². The Labute approximate surface area is 796 Å². The largest absolute Gasteiger partial charge is 0.489 e. The molecular formula is C116H102N6O15. The molecule has 0 amide bonds. The topological polar surface area (TPSA) is 192 Å². The van der Waals surface area contributed by atoms with Crippen LogP contribution in [0.15, 0.2) is 425 Å². The minimum absolute atomic E-state index is 0.0184. The van der Waals surface area contributed by atoms with Crippen LogP contribution < -0.4 is 66.3 Å². The van der Waals surface area contributed by atoms with Gasteiger partial charge in [0.2, 0.25) is 0 Å². The van der Waals surface area contributed by atoms with Gasteiger partial charge in [-0.05, 0) is 187 Å². The smallest absolute Gasteiger partial charge is 0.273 e. The first-order valence-corrected chi connectivity index (χ1v) is 45.4. The fourth-order valence-corrected chi connectivity index (χ4v) is 15.4. The molecule has 0 radical (unpaired) electrons. The van der Waals surface area contributed by atoms with E-state index in [0.29, 0.717) is 139 Å². The number of nitrogens with zero attached hydrogens (tertiary/aromatic N) is 6. The SMILES string of the molecule is c1ccc(COc2cc(COc3cc(COc4cc(COCC(n5cccn5)(n5cccn5)n5cccn5)cc(OCc5cc(OCc6cc(OCc7ccccc7)cc(OCc7ccccc7)c6)cc(OCc6cc(OCc7ccccc7)cc(OCc7ccccc7)c6)c5)c4)cc(OCc4cc(OCc5ccccc5)cc(OCc5ccccc5)c4)c3)cc(OCc3ccccc3)c2)cc1. The van der Waals surface area contributed by atoms with Gasteiger partial charge in [-0.15, -0.1) is 0 Å². The van der Waals surface area contributed by atoms with E-state index in [9.17, 15) is 0 Å². The van der Waals surface area contributed by atoms with E-state index in [1.165, 1.54) is 0 Å². The van der Waals surface area contributed by atoms with Gasteiger partial charge >= 0.3 is 0 Å². The molecule has 0 atom stereocenters. The van der Waals surface area contributed by atoms with Crippen molar-refractivity contribution >= 4 is 0 Å². The van der Waals surface area contributed by atoms with Gasteiger partial charge in [0, 0.05) is 79.6 Å². The second kappa shape index (κ2) is 46.4. The highest BCUT2D eigenvalue weighted by Gasteiger charge is 2.39. The molecule has 0 aliphatic rings. The molecule has 137 heavy (non-hydrogen) atoms. The molecule has 21 nitrogen and oxygen atoms in total. The first-order chi connectivity index (χ1) is 67.7. The second-order valence-corrected chi connectivity index (χ2v) is 32.7. The summed E-state index contributed by atoms with van der Waals surface area (Å²) in [6, 6.07) is 127. The predicted molar refractivity (Wildman–Crippen MR) is 522 cm³/mol. The van der Waals surface area contributed by atoms with Crippen molar-refractivity contribution in [3.63, 3.8) is 0 Å². The molecule has 3 heterocycles. The Morgan fingerprint density at radius 3 is 0.431 bits per heavy atom. The van der Waals surface area contributed by atoms with Crippen molar-refractivity contribution in [1.29, 1.82) is 0 Å². The summed E-state index contributed by atoms with van der Waals surface area (Å²) in [5, 5.41) is 14.2. The van der Waals surface area contributed by atoms with E-state index in [-0.39, 0.29) is 52.9 Å².